The highest BCUT2D eigenvalue weighted by Crippen LogP contribution is 2.19. The second-order valence-electron chi connectivity index (χ2n) is 5.82. The van der Waals surface area contributed by atoms with Gasteiger partial charge in [-0.2, -0.15) is 4.98 Å². The van der Waals surface area contributed by atoms with Gasteiger partial charge in [0.25, 0.3) is 0 Å². The molecule has 3 rings (SSSR count). The molecular weight excluding hydrogens is 310 g/mol. The number of aliphatic hydroxyl groups excluding tert-OH is 1. The van der Waals surface area contributed by atoms with Crippen LogP contribution in [0.15, 0.2) is 17.6 Å². The first-order valence-corrected chi connectivity index (χ1v) is 9.05. The highest BCUT2D eigenvalue weighted by atomic mass is 32.1. The molecule has 2 N–H and O–H groups in total. The van der Waals surface area contributed by atoms with Crippen molar-refractivity contribution >= 4 is 23.1 Å². The molecule has 0 amide bonds. The molecule has 3 heterocycles. The van der Waals surface area contributed by atoms with Gasteiger partial charge in [0.2, 0.25) is 5.95 Å². The average molecular weight is 333 g/mol. The Labute approximate surface area is 140 Å². The van der Waals surface area contributed by atoms with E-state index in [1.165, 1.54) is 5.01 Å². The molecule has 2 aromatic heterocycles. The number of nitrogens with zero attached hydrogens (tertiary/aromatic N) is 4. The highest BCUT2D eigenvalue weighted by molar-refractivity contribution is 7.09. The molecule has 0 saturated carbocycles. The standard InChI is InChI=1S/C16H23N5OS/c1-2-4-15-19-12(11-23-15)9-18-16-17-7-6-14(20-16)21-8-3-5-13(22)10-21/h6-7,11,13,22H,2-5,8-10H2,1H3,(H,17,18,20). The van der Waals surface area contributed by atoms with Gasteiger partial charge in [-0.05, 0) is 31.7 Å². The third kappa shape index (κ3) is 4.39. The van der Waals surface area contributed by atoms with Gasteiger partial charge in [0.05, 0.1) is 23.4 Å². The number of anilines is 2. The van der Waals surface area contributed by atoms with Gasteiger partial charge >= 0.3 is 0 Å². The summed E-state index contributed by atoms with van der Waals surface area (Å²) in [6, 6.07) is 1.89. The zero-order valence-electron chi connectivity index (χ0n) is 13.4. The molecule has 1 unspecified atom stereocenters. The Hall–Kier alpha value is -1.73. The minimum Gasteiger partial charge on any atom is -0.391 e. The summed E-state index contributed by atoms with van der Waals surface area (Å²) in [4.78, 5) is 15.5. The van der Waals surface area contributed by atoms with Crippen molar-refractivity contribution in [2.24, 2.45) is 0 Å². The molecule has 1 aliphatic rings. The Kier molecular flexibility index (Phi) is 5.40. The summed E-state index contributed by atoms with van der Waals surface area (Å²) < 4.78 is 0. The Balaban J connectivity index is 1.60. The van der Waals surface area contributed by atoms with Crippen LogP contribution in [0.2, 0.25) is 0 Å². The fourth-order valence-electron chi connectivity index (χ4n) is 2.70. The molecule has 6 nitrogen and oxygen atoms in total. The van der Waals surface area contributed by atoms with E-state index in [9.17, 15) is 5.11 Å². The maximum atomic E-state index is 9.80. The summed E-state index contributed by atoms with van der Waals surface area (Å²) in [5.41, 5.74) is 1.03. The van der Waals surface area contributed by atoms with Gasteiger partial charge in [0.1, 0.15) is 5.82 Å². The predicted molar refractivity (Wildman–Crippen MR) is 92.9 cm³/mol. The van der Waals surface area contributed by atoms with E-state index >= 15 is 0 Å². The van der Waals surface area contributed by atoms with Gasteiger partial charge < -0.3 is 15.3 Å². The number of nitrogens with one attached hydrogen (secondary N) is 1. The minimum atomic E-state index is -0.262. The molecule has 1 atom stereocenters. The van der Waals surface area contributed by atoms with E-state index < -0.39 is 0 Å². The lowest BCUT2D eigenvalue weighted by atomic mass is 10.1. The molecule has 0 aromatic carbocycles. The Bertz CT molecular complexity index is 632. The predicted octanol–water partition coefficient (Wildman–Crippen LogP) is 2.46. The van der Waals surface area contributed by atoms with E-state index in [-0.39, 0.29) is 6.10 Å². The van der Waals surface area contributed by atoms with E-state index in [0.29, 0.717) is 19.0 Å². The molecule has 23 heavy (non-hydrogen) atoms. The molecular formula is C16H23N5OS. The van der Waals surface area contributed by atoms with Crippen molar-refractivity contribution in [3.63, 3.8) is 0 Å². The quantitative estimate of drug-likeness (QED) is 0.846. The van der Waals surface area contributed by atoms with E-state index in [4.69, 9.17) is 0 Å². The van der Waals surface area contributed by atoms with Crippen LogP contribution >= 0.6 is 11.3 Å². The lowest BCUT2D eigenvalue weighted by Crippen LogP contribution is -2.38. The number of β-amino-alcohol motifs (C(OH)–C–C–N with tert-alkyl or cyclic N) is 1. The fourth-order valence-corrected chi connectivity index (χ4v) is 3.60. The van der Waals surface area contributed by atoms with Crippen molar-refractivity contribution in [2.45, 2.75) is 45.3 Å². The number of piperidine rings is 1. The average Bonchev–Trinajstić information content (AvgIpc) is 3.01. The Morgan fingerprint density at radius 2 is 2.35 bits per heavy atom. The smallest absolute Gasteiger partial charge is 0.224 e. The van der Waals surface area contributed by atoms with Crippen molar-refractivity contribution in [2.75, 3.05) is 23.3 Å². The van der Waals surface area contributed by atoms with Crippen LogP contribution in [0.3, 0.4) is 0 Å². The monoisotopic (exact) mass is 333 g/mol. The van der Waals surface area contributed by atoms with Gasteiger partial charge in [-0.15, -0.1) is 11.3 Å². The normalized spacial score (nSPS) is 18.2. The third-order valence-corrected chi connectivity index (χ3v) is 4.81. The lowest BCUT2D eigenvalue weighted by Gasteiger charge is -2.31. The largest absolute Gasteiger partial charge is 0.391 e. The molecule has 1 saturated heterocycles. The van der Waals surface area contributed by atoms with Crippen LogP contribution < -0.4 is 10.2 Å². The van der Waals surface area contributed by atoms with E-state index in [2.05, 4.69) is 37.5 Å². The number of thiazole rings is 1. The van der Waals surface area contributed by atoms with Crippen molar-refractivity contribution in [1.29, 1.82) is 0 Å². The van der Waals surface area contributed by atoms with E-state index in [1.807, 2.05) is 6.07 Å². The molecule has 0 radical (unpaired) electrons. The Morgan fingerprint density at radius 3 is 3.17 bits per heavy atom. The lowest BCUT2D eigenvalue weighted by molar-refractivity contribution is 0.154. The van der Waals surface area contributed by atoms with Gasteiger partial charge in [0, 0.05) is 24.7 Å². The SMILES string of the molecule is CCCc1nc(CNc2nccc(N3CCCC(O)C3)n2)cs1. The first kappa shape index (κ1) is 16.1. The van der Waals surface area contributed by atoms with Gasteiger partial charge in [-0.25, -0.2) is 9.97 Å². The van der Waals surface area contributed by atoms with E-state index in [0.717, 1.165) is 43.7 Å². The fraction of sp³-hybridized carbons (Fsp3) is 0.562. The molecule has 0 bridgehead atoms. The number of hydrogen-bond acceptors (Lipinski definition) is 7. The van der Waals surface area contributed by atoms with Crippen molar-refractivity contribution in [1.82, 2.24) is 15.0 Å². The number of aliphatic hydroxyl groups is 1. The molecule has 1 fully saturated rings. The summed E-state index contributed by atoms with van der Waals surface area (Å²) in [5.74, 6) is 1.47. The molecule has 0 aliphatic carbocycles. The maximum absolute atomic E-state index is 9.80. The molecule has 124 valence electrons. The number of hydrogen-bond donors (Lipinski definition) is 2. The number of rotatable bonds is 6. The van der Waals surface area contributed by atoms with Crippen LogP contribution in [0.25, 0.3) is 0 Å². The minimum absolute atomic E-state index is 0.262. The van der Waals surface area contributed by atoms with Crippen LogP contribution in [-0.4, -0.2) is 39.3 Å². The van der Waals surface area contributed by atoms with Crippen LogP contribution in [0.5, 0.6) is 0 Å². The van der Waals surface area contributed by atoms with Crippen molar-refractivity contribution in [3.05, 3.63) is 28.3 Å². The Morgan fingerprint density at radius 1 is 1.43 bits per heavy atom. The summed E-state index contributed by atoms with van der Waals surface area (Å²) in [5, 5.41) is 16.3. The van der Waals surface area contributed by atoms with Crippen LogP contribution in [0, 0.1) is 0 Å². The van der Waals surface area contributed by atoms with Gasteiger partial charge in [0.15, 0.2) is 0 Å². The topological polar surface area (TPSA) is 74.2 Å². The first-order valence-electron chi connectivity index (χ1n) is 8.18. The number of aromatic nitrogens is 3. The molecule has 0 spiro atoms. The van der Waals surface area contributed by atoms with Gasteiger partial charge in [-0.3, -0.25) is 0 Å². The second kappa shape index (κ2) is 7.70. The van der Waals surface area contributed by atoms with Gasteiger partial charge in [-0.1, -0.05) is 6.92 Å². The molecule has 7 heteroatoms. The summed E-state index contributed by atoms with van der Waals surface area (Å²) in [6.45, 7) is 4.37. The second-order valence-corrected chi connectivity index (χ2v) is 6.76. The summed E-state index contributed by atoms with van der Waals surface area (Å²) >= 11 is 1.71. The zero-order valence-corrected chi connectivity index (χ0v) is 14.2. The first-order chi connectivity index (χ1) is 11.2. The van der Waals surface area contributed by atoms with Crippen molar-refractivity contribution < 1.29 is 5.11 Å². The molecule has 2 aromatic rings. The zero-order chi connectivity index (χ0) is 16.1. The summed E-state index contributed by atoms with van der Waals surface area (Å²) in [7, 11) is 0. The van der Waals surface area contributed by atoms with Crippen LogP contribution in [-0.2, 0) is 13.0 Å². The maximum Gasteiger partial charge on any atom is 0.224 e. The molecule has 1 aliphatic heterocycles. The van der Waals surface area contributed by atoms with Crippen LogP contribution in [0.4, 0.5) is 11.8 Å². The highest BCUT2D eigenvalue weighted by Gasteiger charge is 2.19. The van der Waals surface area contributed by atoms with Crippen LogP contribution in [0.1, 0.15) is 36.9 Å². The summed E-state index contributed by atoms with van der Waals surface area (Å²) in [6.07, 6.45) is 5.52. The number of aryl methyl sites for hydroxylation is 1. The van der Waals surface area contributed by atoms with Crippen molar-refractivity contribution in [3.8, 4) is 0 Å². The van der Waals surface area contributed by atoms with E-state index in [1.54, 1.807) is 17.5 Å². The third-order valence-electron chi connectivity index (χ3n) is 3.85.